The fraction of sp³-hybridized carbons (Fsp3) is 0.150. The van der Waals surface area contributed by atoms with Gasteiger partial charge in [-0.2, -0.15) is 4.98 Å². The molecule has 0 saturated heterocycles. The van der Waals surface area contributed by atoms with E-state index in [0.717, 1.165) is 22.3 Å². The predicted octanol–water partition coefficient (Wildman–Crippen LogP) is 3.90. The third kappa shape index (κ3) is 3.15. The number of nitrogens with zero attached hydrogens (tertiary/aromatic N) is 4. The molecule has 0 fully saturated rings. The van der Waals surface area contributed by atoms with Gasteiger partial charge in [-0.15, -0.1) is 0 Å². The van der Waals surface area contributed by atoms with Crippen molar-refractivity contribution in [2.75, 3.05) is 11.5 Å². The van der Waals surface area contributed by atoms with E-state index in [4.69, 9.17) is 16.2 Å². The molecule has 4 rings (SSSR count). The van der Waals surface area contributed by atoms with Gasteiger partial charge in [0.1, 0.15) is 11.6 Å². The van der Waals surface area contributed by atoms with E-state index in [0.29, 0.717) is 11.5 Å². The van der Waals surface area contributed by atoms with Gasteiger partial charge in [0.15, 0.2) is 11.6 Å². The highest BCUT2D eigenvalue weighted by molar-refractivity contribution is 5.81. The summed E-state index contributed by atoms with van der Waals surface area (Å²) in [5, 5.41) is 1.14. The highest BCUT2D eigenvalue weighted by atomic mass is 16.5. The number of para-hydroxylation sites is 1. The molecule has 3 aromatic heterocycles. The Balaban J connectivity index is 1.81. The zero-order valence-corrected chi connectivity index (χ0v) is 15.1. The van der Waals surface area contributed by atoms with Crippen LogP contribution in [0.3, 0.4) is 0 Å². The van der Waals surface area contributed by atoms with Gasteiger partial charge in [0, 0.05) is 24.0 Å². The number of rotatable bonds is 4. The smallest absolute Gasteiger partial charge is 0.222 e. The predicted molar refractivity (Wildman–Crippen MR) is 106 cm³/mol. The van der Waals surface area contributed by atoms with E-state index in [1.165, 1.54) is 6.20 Å². The van der Waals surface area contributed by atoms with Crippen molar-refractivity contribution in [3.05, 3.63) is 60.6 Å². The van der Waals surface area contributed by atoms with Crippen LogP contribution in [-0.4, -0.2) is 19.5 Å². The lowest BCUT2D eigenvalue weighted by molar-refractivity contribution is 0.470. The number of hydrogen-bond donors (Lipinski definition) is 2. The minimum Gasteiger partial charge on any atom is -0.451 e. The van der Waals surface area contributed by atoms with Crippen LogP contribution in [0, 0.1) is 0 Å². The summed E-state index contributed by atoms with van der Waals surface area (Å²) < 4.78 is 8.07. The lowest BCUT2D eigenvalue weighted by atomic mass is 10.0. The molecule has 1 aromatic carbocycles. The second-order valence-electron chi connectivity index (χ2n) is 6.56. The lowest BCUT2D eigenvalue weighted by Gasteiger charge is -2.16. The van der Waals surface area contributed by atoms with Crippen molar-refractivity contribution in [1.29, 1.82) is 0 Å². The van der Waals surface area contributed by atoms with Gasteiger partial charge in [0.2, 0.25) is 5.95 Å². The summed E-state index contributed by atoms with van der Waals surface area (Å²) in [7, 11) is 0. The summed E-state index contributed by atoms with van der Waals surface area (Å²) >= 11 is 0. The number of ether oxygens (including phenoxy) is 1. The Morgan fingerprint density at radius 2 is 1.81 bits per heavy atom. The maximum Gasteiger partial charge on any atom is 0.222 e. The quantitative estimate of drug-likeness (QED) is 0.572. The first-order valence-electron chi connectivity index (χ1n) is 8.65. The third-order valence-electron chi connectivity index (χ3n) is 4.37. The maximum atomic E-state index is 6.05. The Morgan fingerprint density at radius 1 is 1.00 bits per heavy atom. The normalized spacial score (nSPS) is 11.2. The second-order valence-corrected chi connectivity index (χ2v) is 6.56. The largest absolute Gasteiger partial charge is 0.451 e. The van der Waals surface area contributed by atoms with Crippen molar-refractivity contribution in [2.24, 2.45) is 0 Å². The average molecular weight is 360 g/mol. The minimum absolute atomic E-state index is 0.109. The first-order chi connectivity index (χ1) is 13.0. The Morgan fingerprint density at radius 3 is 2.59 bits per heavy atom. The van der Waals surface area contributed by atoms with E-state index in [1.807, 2.05) is 35.2 Å². The fourth-order valence-electron chi connectivity index (χ4n) is 2.97. The van der Waals surface area contributed by atoms with Gasteiger partial charge in [-0.3, -0.25) is 0 Å². The first-order valence-corrected chi connectivity index (χ1v) is 8.65. The van der Waals surface area contributed by atoms with Gasteiger partial charge in [-0.1, -0.05) is 32.0 Å². The van der Waals surface area contributed by atoms with E-state index >= 15 is 0 Å². The molecule has 0 saturated carbocycles. The van der Waals surface area contributed by atoms with Crippen molar-refractivity contribution in [2.45, 2.75) is 19.8 Å². The minimum atomic E-state index is 0.109. The molecule has 0 unspecified atom stereocenters. The summed E-state index contributed by atoms with van der Waals surface area (Å²) in [6, 6.07) is 12.1. The molecular formula is C20H20N6O. The van der Waals surface area contributed by atoms with Crippen molar-refractivity contribution in [3.63, 3.8) is 0 Å². The van der Waals surface area contributed by atoms with E-state index < -0.39 is 0 Å². The molecular weight excluding hydrogens is 340 g/mol. The van der Waals surface area contributed by atoms with E-state index in [9.17, 15) is 0 Å². The summed E-state index contributed by atoms with van der Waals surface area (Å²) in [6.45, 7) is 4.16. The van der Waals surface area contributed by atoms with Crippen LogP contribution >= 0.6 is 0 Å². The monoisotopic (exact) mass is 360 g/mol. The second kappa shape index (κ2) is 6.60. The topological polar surface area (TPSA) is 105 Å². The fourth-order valence-corrected chi connectivity index (χ4v) is 2.97. The van der Waals surface area contributed by atoms with E-state index in [-0.39, 0.29) is 17.7 Å². The van der Waals surface area contributed by atoms with Crippen LogP contribution in [0.15, 0.2) is 55.0 Å². The molecule has 3 heterocycles. The number of anilines is 2. The van der Waals surface area contributed by atoms with Crippen LogP contribution in [0.5, 0.6) is 11.5 Å². The highest BCUT2D eigenvalue weighted by Gasteiger charge is 2.15. The number of hydrogen-bond acceptors (Lipinski definition) is 6. The molecule has 7 nitrogen and oxygen atoms in total. The van der Waals surface area contributed by atoms with E-state index in [2.05, 4.69) is 47.0 Å². The number of fused-ring (bicyclic) bond motifs is 1. The molecule has 0 radical (unpaired) electrons. The molecule has 4 N–H and O–H groups in total. The first kappa shape index (κ1) is 16.8. The molecule has 7 heteroatoms. The number of aromatic nitrogens is 4. The summed E-state index contributed by atoms with van der Waals surface area (Å²) in [5.74, 6) is 2.30. The molecule has 0 spiro atoms. The molecule has 0 bridgehead atoms. The molecule has 4 aromatic rings. The van der Waals surface area contributed by atoms with Crippen LogP contribution in [0.2, 0.25) is 0 Å². The zero-order valence-electron chi connectivity index (χ0n) is 15.1. The number of nitrogen functional groups attached to an aromatic ring is 2. The standard InChI is InChI=1S/C20H20N6O/c1-12(2)14-10-23-18(26-8-7-13-5-3-4-6-15(13)26)9-16(14)27-17-11-24-20(22)25-19(17)21/h3-12H,1-2H3,(H4,21,22,24,25). The van der Waals surface area contributed by atoms with Crippen LogP contribution < -0.4 is 16.2 Å². The van der Waals surface area contributed by atoms with Crippen molar-refractivity contribution in [1.82, 2.24) is 19.5 Å². The molecule has 0 aliphatic carbocycles. The van der Waals surface area contributed by atoms with Gasteiger partial charge >= 0.3 is 0 Å². The lowest BCUT2D eigenvalue weighted by Crippen LogP contribution is -2.04. The average Bonchev–Trinajstić information content (AvgIpc) is 3.08. The summed E-state index contributed by atoms with van der Waals surface area (Å²) in [4.78, 5) is 12.6. The van der Waals surface area contributed by atoms with Crippen LogP contribution in [-0.2, 0) is 0 Å². The molecule has 0 aliphatic heterocycles. The van der Waals surface area contributed by atoms with Crippen molar-refractivity contribution >= 4 is 22.7 Å². The third-order valence-corrected chi connectivity index (χ3v) is 4.37. The van der Waals surface area contributed by atoms with Crippen LogP contribution in [0.4, 0.5) is 11.8 Å². The molecule has 0 amide bonds. The molecule has 27 heavy (non-hydrogen) atoms. The molecule has 136 valence electrons. The van der Waals surface area contributed by atoms with Crippen molar-refractivity contribution in [3.8, 4) is 17.3 Å². The number of benzene rings is 1. The van der Waals surface area contributed by atoms with Gasteiger partial charge in [-0.05, 0) is 23.4 Å². The Kier molecular flexibility index (Phi) is 4.12. The van der Waals surface area contributed by atoms with Gasteiger partial charge in [-0.25, -0.2) is 9.97 Å². The van der Waals surface area contributed by atoms with Crippen molar-refractivity contribution < 1.29 is 4.74 Å². The van der Waals surface area contributed by atoms with Gasteiger partial charge in [0.25, 0.3) is 0 Å². The number of pyridine rings is 1. The molecule has 0 atom stereocenters. The maximum absolute atomic E-state index is 6.05. The Bertz CT molecular complexity index is 1120. The SMILES string of the molecule is CC(C)c1cnc(-n2ccc3ccccc32)cc1Oc1cnc(N)nc1N. The summed E-state index contributed by atoms with van der Waals surface area (Å²) in [5.41, 5.74) is 13.5. The van der Waals surface area contributed by atoms with Gasteiger partial charge in [0.05, 0.1) is 11.7 Å². The summed E-state index contributed by atoms with van der Waals surface area (Å²) in [6.07, 6.45) is 5.30. The van der Waals surface area contributed by atoms with E-state index in [1.54, 1.807) is 0 Å². The Hall–Kier alpha value is -3.61. The van der Waals surface area contributed by atoms with Crippen LogP contribution in [0.25, 0.3) is 16.7 Å². The van der Waals surface area contributed by atoms with Gasteiger partial charge < -0.3 is 20.8 Å². The zero-order chi connectivity index (χ0) is 19.0. The highest BCUT2D eigenvalue weighted by Crippen LogP contribution is 2.34. The number of nitrogens with two attached hydrogens (primary N) is 2. The molecule has 0 aliphatic rings. The Labute approximate surface area is 156 Å². The van der Waals surface area contributed by atoms with Crippen LogP contribution in [0.1, 0.15) is 25.3 Å².